The molecule has 0 aliphatic heterocycles. The van der Waals surface area contributed by atoms with E-state index >= 15 is 0 Å². The second-order valence-electron chi connectivity index (χ2n) is 4.58. The summed E-state index contributed by atoms with van der Waals surface area (Å²) in [4.78, 5) is 0. The summed E-state index contributed by atoms with van der Waals surface area (Å²) < 4.78 is 0. The Hall–Kier alpha value is 1.19. The van der Waals surface area contributed by atoms with Crippen LogP contribution in [-0.2, 0) is 21.1 Å². The molecule has 5 heteroatoms. The third-order valence-corrected chi connectivity index (χ3v) is 2.79. The van der Waals surface area contributed by atoms with Gasteiger partial charge in [-0.1, -0.05) is 20.3 Å². The standard InChI is InChI=1S/C7H13N.C3H9N.2ClH.Pt/c8-7-4-5-1-2-6(7)3-5;1-3(2)4;;;/h5-7H,1-4,8H2;3H,4H2,1-2H3;2*1H;/q;;;;+2/p-2/t5?,6?,7-;;;;/m0..../s1. The van der Waals surface area contributed by atoms with Crippen molar-refractivity contribution in [3.8, 4) is 0 Å². The zero-order valence-electron chi connectivity index (χ0n) is 9.36. The predicted octanol–water partition coefficient (Wildman–Crippen LogP) is -4.51. The quantitative estimate of drug-likeness (QED) is 0.403. The van der Waals surface area contributed by atoms with E-state index in [9.17, 15) is 0 Å². The Labute approximate surface area is 120 Å². The maximum atomic E-state index is 5.82. The van der Waals surface area contributed by atoms with Gasteiger partial charge >= 0.3 is 21.1 Å². The zero-order chi connectivity index (χ0) is 9.14. The predicted molar refractivity (Wildman–Crippen MR) is 52.7 cm³/mol. The van der Waals surface area contributed by atoms with Crippen LogP contribution in [0.1, 0.15) is 39.5 Å². The first-order valence-electron chi connectivity index (χ1n) is 5.10. The minimum absolute atomic E-state index is 0. The molecule has 0 amide bonds. The molecule has 2 saturated carbocycles. The van der Waals surface area contributed by atoms with E-state index in [1.165, 1.54) is 25.7 Å². The van der Waals surface area contributed by atoms with Crippen molar-refractivity contribution >= 4 is 0 Å². The van der Waals surface area contributed by atoms with Crippen LogP contribution in [0, 0.1) is 11.8 Å². The van der Waals surface area contributed by atoms with Gasteiger partial charge < -0.3 is 36.3 Å². The van der Waals surface area contributed by atoms with Gasteiger partial charge in [0.15, 0.2) is 0 Å². The van der Waals surface area contributed by atoms with Crippen molar-refractivity contribution in [3.63, 3.8) is 0 Å². The molecule has 0 aromatic heterocycles. The molecule has 4 N–H and O–H groups in total. The van der Waals surface area contributed by atoms with Crippen molar-refractivity contribution in [2.75, 3.05) is 0 Å². The van der Waals surface area contributed by atoms with Crippen LogP contribution in [0.15, 0.2) is 0 Å². The first kappa shape index (κ1) is 21.5. The summed E-state index contributed by atoms with van der Waals surface area (Å²) in [5.41, 5.74) is 10.9. The molecule has 0 spiro atoms. The SMILES string of the molecule is CC(C)N.N[C@H]1CC2CCC1C2.[Cl-].[Cl-].[Pt+2]. The Kier molecular flexibility index (Phi) is 14.8. The molecule has 2 aliphatic rings. The molecule has 0 aromatic carbocycles. The summed E-state index contributed by atoms with van der Waals surface area (Å²) in [5, 5.41) is 0. The third-order valence-electron chi connectivity index (χ3n) is 2.79. The second-order valence-corrected chi connectivity index (χ2v) is 4.58. The van der Waals surface area contributed by atoms with E-state index in [0.717, 1.165) is 11.8 Å². The molecule has 0 saturated heterocycles. The van der Waals surface area contributed by atoms with Crippen molar-refractivity contribution < 1.29 is 45.9 Å². The summed E-state index contributed by atoms with van der Waals surface area (Å²) >= 11 is 0. The minimum Gasteiger partial charge on any atom is -1.00 e. The molecule has 0 aromatic rings. The molecular weight excluding hydrogens is 414 g/mol. The van der Waals surface area contributed by atoms with Crippen molar-refractivity contribution in [1.29, 1.82) is 0 Å². The number of fused-ring (bicyclic) bond motifs is 2. The maximum absolute atomic E-state index is 5.82. The molecule has 2 fully saturated rings. The molecule has 2 nitrogen and oxygen atoms in total. The number of hydrogen-bond donors (Lipinski definition) is 2. The summed E-state index contributed by atoms with van der Waals surface area (Å²) in [5.74, 6) is 1.94. The number of rotatable bonds is 0. The summed E-state index contributed by atoms with van der Waals surface area (Å²) in [6.07, 6.45) is 5.66. The van der Waals surface area contributed by atoms with Crippen LogP contribution in [0.5, 0.6) is 0 Å². The van der Waals surface area contributed by atoms with E-state index in [-0.39, 0.29) is 45.9 Å². The largest absolute Gasteiger partial charge is 2.00 e. The number of hydrogen-bond acceptors (Lipinski definition) is 2. The summed E-state index contributed by atoms with van der Waals surface area (Å²) in [7, 11) is 0. The van der Waals surface area contributed by atoms with Crippen LogP contribution >= 0.6 is 0 Å². The van der Waals surface area contributed by atoms with Gasteiger partial charge in [-0.05, 0) is 37.1 Å². The van der Waals surface area contributed by atoms with Gasteiger partial charge in [0, 0.05) is 6.04 Å². The Bertz CT molecular complexity index is 143. The van der Waals surface area contributed by atoms with E-state index in [1.807, 2.05) is 13.8 Å². The Morgan fingerprint density at radius 1 is 1.07 bits per heavy atom. The van der Waals surface area contributed by atoms with Gasteiger partial charge in [0.05, 0.1) is 0 Å². The summed E-state index contributed by atoms with van der Waals surface area (Å²) in [6, 6.07) is 0.911. The summed E-state index contributed by atoms with van der Waals surface area (Å²) in [6.45, 7) is 3.89. The number of nitrogens with two attached hydrogens (primary N) is 2. The first-order valence-corrected chi connectivity index (χ1v) is 5.10. The van der Waals surface area contributed by atoms with Crippen LogP contribution < -0.4 is 36.3 Å². The van der Waals surface area contributed by atoms with Gasteiger partial charge in [-0.2, -0.15) is 0 Å². The van der Waals surface area contributed by atoms with E-state index in [0.29, 0.717) is 12.1 Å². The fraction of sp³-hybridized carbons (Fsp3) is 1.00. The number of halogens is 2. The molecule has 3 atom stereocenters. The van der Waals surface area contributed by atoms with Crippen LogP contribution in [-0.4, -0.2) is 12.1 Å². The smallest absolute Gasteiger partial charge is 1.00 e. The minimum atomic E-state index is 0. The Balaban J connectivity index is -0.000000187. The normalized spacial score (nSPS) is 30.6. The fourth-order valence-electron chi connectivity index (χ4n) is 2.29. The van der Waals surface area contributed by atoms with Gasteiger partial charge in [0.2, 0.25) is 0 Å². The van der Waals surface area contributed by atoms with Crippen LogP contribution in [0.2, 0.25) is 0 Å². The van der Waals surface area contributed by atoms with E-state index < -0.39 is 0 Å². The third kappa shape index (κ3) is 7.99. The van der Waals surface area contributed by atoms with Gasteiger partial charge in [-0.15, -0.1) is 0 Å². The first-order chi connectivity index (χ1) is 5.59. The van der Waals surface area contributed by atoms with Gasteiger partial charge in [0.25, 0.3) is 0 Å². The molecule has 15 heavy (non-hydrogen) atoms. The molecule has 2 aliphatic carbocycles. The molecule has 2 unspecified atom stereocenters. The van der Waals surface area contributed by atoms with Crippen molar-refractivity contribution in [2.24, 2.45) is 23.3 Å². The van der Waals surface area contributed by atoms with Gasteiger partial charge in [-0.25, -0.2) is 0 Å². The fourth-order valence-corrected chi connectivity index (χ4v) is 2.29. The Morgan fingerprint density at radius 3 is 1.67 bits per heavy atom. The van der Waals surface area contributed by atoms with Crippen molar-refractivity contribution in [3.05, 3.63) is 0 Å². The van der Waals surface area contributed by atoms with E-state index in [1.54, 1.807) is 0 Å². The second kappa shape index (κ2) is 10.3. The van der Waals surface area contributed by atoms with Crippen molar-refractivity contribution in [2.45, 2.75) is 51.6 Å². The molecule has 96 valence electrons. The zero-order valence-corrected chi connectivity index (χ0v) is 13.1. The van der Waals surface area contributed by atoms with E-state index in [2.05, 4.69) is 0 Å². The van der Waals surface area contributed by atoms with Crippen molar-refractivity contribution in [1.82, 2.24) is 0 Å². The average Bonchev–Trinajstić information content (AvgIpc) is 2.44. The molecule has 0 heterocycles. The topological polar surface area (TPSA) is 52.0 Å². The molecule has 0 radical (unpaired) electrons. The maximum Gasteiger partial charge on any atom is 2.00 e. The average molecular weight is 436 g/mol. The van der Waals surface area contributed by atoms with Crippen LogP contribution in [0.3, 0.4) is 0 Å². The molecule has 2 bridgehead atoms. The van der Waals surface area contributed by atoms with Gasteiger partial charge in [0.1, 0.15) is 0 Å². The van der Waals surface area contributed by atoms with Crippen LogP contribution in [0.4, 0.5) is 0 Å². The molecule has 2 rings (SSSR count). The van der Waals surface area contributed by atoms with Crippen LogP contribution in [0.25, 0.3) is 0 Å². The Morgan fingerprint density at radius 2 is 1.53 bits per heavy atom. The van der Waals surface area contributed by atoms with E-state index in [4.69, 9.17) is 11.5 Å². The molecular formula is C10H22Cl2N2Pt. The monoisotopic (exact) mass is 435 g/mol. The van der Waals surface area contributed by atoms with Gasteiger partial charge in [-0.3, -0.25) is 0 Å².